The van der Waals surface area contributed by atoms with Crippen LogP contribution in [0.5, 0.6) is 5.75 Å². The summed E-state index contributed by atoms with van der Waals surface area (Å²) in [5, 5.41) is 11.3. The van der Waals surface area contributed by atoms with Crippen molar-refractivity contribution in [1.82, 2.24) is 4.90 Å². The molecule has 3 heteroatoms. The van der Waals surface area contributed by atoms with Gasteiger partial charge in [-0.25, -0.2) is 0 Å². The van der Waals surface area contributed by atoms with Gasteiger partial charge in [-0.05, 0) is 44.6 Å². The third-order valence-corrected chi connectivity index (χ3v) is 4.07. The highest BCUT2D eigenvalue weighted by molar-refractivity contribution is 5.33. The first-order valence-corrected chi connectivity index (χ1v) is 6.87. The number of hydrogen-bond donors (Lipinski definition) is 1. The second kappa shape index (κ2) is 5.93. The van der Waals surface area contributed by atoms with Gasteiger partial charge in [0.1, 0.15) is 5.75 Å². The average molecular weight is 266 g/mol. The van der Waals surface area contributed by atoms with E-state index < -0.39 is 12.6 Å². The van der Waals surface area contributed by atoms with Crippen LogP contribution in [-0.2, 0) is 5.60 Å². The standard InChI is InChI=1S/C16H25NO2/c1-17(2)12-14-7-4-5-10-16(14,18)13-8-6-9-15(11-13)19-3/h6,8-9,11,14,18H,4-5,7,10,12H2,1-3H3/t14-,16+/m1/s1/i3D3. The molecular weight excluding hydrogens is 238 g/mol. The first-order chi connectivity index (χ1) is 10.2. The van der Waals surface area contributed by atoms with Crippen LogP contribution >= 0.6 is 0 Å². The fraction of sp³-hybridized carbons (Fsp3) is 0.625. The van der Waals surface area contributed by atoms with E-state index in [9.17, 15) is 5.11 Å². The van der Waals surface area contributed by atoms with Crippen LogP contribution < -0.4 is 4.74 Å². The summed E-state index contributed by atoms with van der Waals surface area (Å²) in [5.41, 5.74) is -0.169. The molecule has 0 aromatic heterocycles. The van der Waals surface area contributed by atoms with Crippen LogP contribution in [0, 0.1) is 5.92 Å². The number of aliphatic hydroxyl groups is 1. The van der Waals surface area contributed by atoms with E-state index in [0.29, 0.717) is 6.42 Å². The van der Waals surface area contributed by atoms with E-state index in [1.807, 2.05) is 20.2 Å². The molecule has 1 fully saturated rings. The molecule has 3 nitrogen and oxygen atoms in total. The van der Waals surface area contributed by atoms with E-state index in [-0.39, 0.29) is 11.7 Å². The van der Waals surface area contributed by atoms with Crippen LogP contribution in [0.1, 0.15) is 35.4 Å². The van der Waals surface area contributed by atoms with Gasteiger partial charge in [-0.1, -0.05) is 25.0 Å². The largest absolute Gasteiger partial charge is 0.497 e. The van der Waals surface area contributed by atoms with Crippen LogP contribution in [-0.4, -0.2) is 37.7 Å². The Kier molecular flexibility index (Phi) is 3.34. The van der Waals surface area contributed by atoms with E-state index in [1.54, 1.807) is 18.2 Å². The summed E-state index contributed by atoms with van der Waals surface area (Å²) in [4.78, 5) is 2.09. The predicted molar refractivity (Wildman–Crippen MR) is 77.4 cm³/mol. The van der Waals surface area contributed by atoms with Crippen molar-refractivity contribution in [2.45, 2.75) is 31.3 Å². The maximum atomic E-state index is 11.3. The Morgan fingerprint density at radius 1 is 1.47 bits per heavy atom. The van der Waals surface area contributed by atoms with E-state index in [1.165, 1.54) is 0 Å². The number of ether oxygens (including phenoxy) is 1. The molecule has 1 aromatic carbocycles. The summed E-state index contributed by atoms with van der Waals surface area (Å²) >= 11 is 0. The van der Waals surface area contributed by atoms with Gasteiger partial charge in [0, 0.05) is 12.5 Å². The fourth-order valence-corrected chi connectivity index (χ4v) is 3.12. The highest BCUT2D eigenvalue weighted by Crippen LogP contribution is 2.42. The molecule has 0 spiro atoms. The zero-order valence-electron chi connectivity index (χ0n) is 14.7. The predicted octanol–water partition coefficient (Wildman–Crippen LogP) is 2.63. The molecule has 0 unspecified atom stereocenters. The van der Waals surface area contributed by atoms with Gasteiger partial charge in [-0.15, -0.1) is 0 Å². The Labute approximate surface area is 120 Å². The van der Waals surface area contributed by atoms with Gasteiger partial charge < -0.3 is 14.7 Å². The van der Waals surface area contributed by atoms with Crippen molar-refractivity contribution in [1.29, 1.82) is 0 Å². The van der Waals surface area contributed by atoms with E-state index in [2.05, 4.69) is 4.90 Å². The summed E-state index contributed by atoms with van der Waals surface area (Å²) < 4.78 is 26.6. The quantitative estimate of drug-likeness (QED) is 0.909. The molecule has 106 valence electrons. The first-order valence-electron chi connectivity index (χ1n) is 8.37. The molecule has 1 aliphatic rings. The average Bonchev–Trinajstić information content (AvgIpc) is 2.39. The lowest BCUT2D eigenvalue weighted by molar-refractivity contribution is -0.0619. The molecule has 0 saturated heterocycles. The monoisotopic (exact) mass is 266 g/mol. The minimum Gasteiger partial charge on any atom is -0.497 e. The zero-order chi connectivity index (χ0) is 16.4. The minimum absolute atomic E-state index is 0.138. The van der Waals surface area contributed by atoms with Gasteiger partial charge in [0.05, 0.1) is 16.8 Å². The molecule has 1 aliphatic carbocycles. The van der Waals surface area contributed by atoms with Crippen LogP contribution in [0.2, 0.25) is 0 Å². The lowest BCUT2D eigenvalue weighted by atomic mass is 9.71. The molecule has 2 atom stereocenters. The van der Waals surface area contributed by atoms with Crippen molar-refractivity contribution in [2.24, 2.45) is 5.92 Å². The number of hydrogen-bond acceptors (Lipinski definition) is 3. The van der Waals surface area contributed by atoms with Gasteiger partial charge >= 0.3 is 0 Å². The molecule has 2 rings (SSSR count). The summed E-state index contributed by atoms with van der Waals surface area (Å²) in [6.45, 7) is 0.806. The molecule has 0 heterocycles. The summed E-state index contributed by atoms with van der Waals surface area (Å²) in [5.74, 6) is 0.416. The highest BCUT2D eigenvalue weighted by Gasteiger charge is 2.40. The number of rotatable bonds is 4. The van der Waals surface area contributed by atoms with Crippen molar-refractivity contribution in [3.63, 3.8) is 0 Å². The third-order valence-electron chi connectivity index (χ3n) is 4.07. The molecule has 0 bridgehead atoms. The van der Waals surface area contributed by atoms with Crippen molar-refractivity contribution in [3.8, 4) is 5.75 Å². The molecule has 1 aromatic rings. The maximum absolute atomic E-state index is 11.3. The second-order valence-corrected chi connectivity index (χ2v) is 5.76. The maximum Gasteiger partial charge on any atom is 0.119 e. The molecule has 1 saturated carbocycles. The van der Waals surface area contributed by atoms with Gasteiger partial charge in [-0.3, -0.25) is 0 Å². The first kappa shape index (κ1) is 10.7. The number of methoxy groups -OCH3 is 1. The molecule has 0 radical (unpaired) electrons. The molecular formula is C16H25NO2. The normalized spacial score (nSPS) is 30.5. The Bertz CT molecular complexity index is 504. The van der Waals surface area contributed by atoms with Crippen LogP contribution in [0.4, 0.5) is 0 Å². The smallest absolute Gasteiger partial charge is 0.119 e. The van der Waals surface area contributed by atoms with E-state index >= 15 is 0 Å². The van der Waals surface area contributed by atoms with Crippen molar-refractivity contribution in [2.75, 3.05) is 27.7 Å². The fourth-order valence-electron chi connectivity index (χ4n) is 3.12. The Balaban J connectivity index is 2.28. The number of benzene rings is 1. The molecule has 0 amide bonds. The van der Waals surface area contributed by atoms with Gasteiger partial charge in [0.15, 0.2) is 0 Å². The molecule has 1 N–H and O–H groups in total. The van der Waals surface area contributed by atoms with E-state index in [0.717, 1.165) is 31.4 Å². The summed E-state index contributed by atoms with van der Waals surface area (Å²) in [6, 6.07) is 6.89. The highest BCUT2D eigenvalue weighted by atomic mass is 16.5. The third kappa shape index (κ3) is 3.10. The lowest BCUT2D eigenvalue weighted by Crippen LogP contribution is -2.43. The topological polar surface area (TPSA) is 32.7 Å². The SMILES string of the molecule is [2H]C([2H])([2H])Oc1cccc([C@@]2(O)CCCC[C@@H]2CN(C)C)c1. The Morgan fingerprint density at radius 2 is 2.32 bits per heavy atom. The minimum atomic E-state index is -2.48. The second-order valence-electron chi connectivity index (χ2n) is 5.76. The zero-order valence-corrected chi connectivity index (χ0v) is 11.7. The van der Waals surface area contributed by atoms with Crippen LogP contribution in [0.15, 0.2) is 24.3 Å². The Hall–Kier alpha value is -1.06. The van der Waals surface area contributed by atoms with Crippen molar-refractivity contribution in [3.05, 3.63) is 29.8 Å². The van der Waals surface area contributed by atoms with Gasteiger partial charge in [0.25, 0.3) is 0 Å². The number of nitrogens with zero attached hydrogens (tertiary/aromatic N) is 1. The Morgan fingerprint density at radius 3 is 3.05 bits per heavy atom. The molecule has 19 heavy (non-hydrogen) atoms. The summed E-state index contributed by atoms with van der Waals surface area (Å²) in [6.07, 6.45) is 3.76. The van der Waals surface area contributed by atoms with E-state index in [4.69, 9.17) is 8.85 Å². The van der Waals surface area contributed by atoms with Crippen molar-refractivity contribution >= 4 is 0 Å². The van der Waals surface area contributed by atoms with Crippen molar-refractivity contribution < 1.29 is 14.0 Å². The van der Waals surface area contributed by atoms with Gasteiger partial charge in [-0.2, -0.15) is 0 Å². The lowest BCUT2D eigenvalue weighted by Gasteiger charge is -2.41. The molecule has 0 aliphatic heterocycles. The van der Waals surface area contributed by atoms with Crippen LogP contribution in [0.25, 0.3) is 0 Å². The van der Waals surface area contributed by atoms with Crippen LogP contribution in [0.3, 0.4) is 0 Å². The van der Waals surface area contributed by atoms with Gasteiger partial charge in [0.2, 0.25) is 0 Å². The summed E-state index contributed by atoms with van der Waals surface area (Å²) in [7, 11) is 1.53.